The van der Waals surface area contributed by atoms with Crippen molar-refractivity contribution in [1.82, 2.24) is 4.90 Å². The number of anilines is 1. The quantitative estimate of drug-likeness (QED) is 0.681. The number of carbonyl (C=O) groups is 2. The molecule has 5 heteroatoms. The van der Waals surface area contributed by atoms with E-state index < -0.39 is 6.04 Å². The summed E-state index contributed by atoms with van der Waals surface area (Å²) < 4.78 is 0. The Hall–Kier alpha value is -3.11. The molecule has 140 valence electrons. The van der Waals surface area contributed by atoms with Gasteiger partial charge < -0.3 is 10.2 Å². The van der Waals surface area contributed by atoms with Crippen molar-refractivity contribution in [1.29, 1.82) is 0 Å². The summed E-state index contributed by atoms with van der Waals surface area (Å²) >= 11 is 6.27. The molecule has 0 fully saturated rings. The number of fused-ring (bicyclic) bond motifs is 1. The highest BCUT2D eigenvalue weighted by atomic mass is 35.5. The second-order valence-corrected chi connectivity index (χ2v) is 7.33. The fourth-order valence-corrected chi connectivity index (χ4v) is 3.79. The number of amides is 2. The molecule has 2 amide bonds. The minimum Gasteiger partial charge on any atom is -0.324 e. The van der Waals surface area contributed by atoms with Crippen LogP contribution < -0.4 is 5.32 Å². The van der Waals surface area contributed by atoms with E-state index in [4.69, 9.17) is 11.6 Å². The first-order valence-corrected chi connectivity index (χ1v) is 9.42. The number of aryl methyl sites for hydroxylation is 1. The predicted molar refractivity (Wildman–Crippen MR) is 111 cm³/mol. The number of hydrogen-bond acceptors (Lipinski definition) is 2. The van der Waals surface area contributed by atoms with E-state index in [-0.39, 0.29) is 18.4 Å². The Bertz CT molecular complexity index is 1050. The maximum atomic E-state index is 13.4. The van der Waals surface area contributed by atoms with Gasteiger partial charge in [0.05, 0.1) is 6.04 Å². The van der Waals surface area contributed by atoms with Crippen molar-refractivity contribution >= 4 is 29.1 Å². The van der Waals surface area contributed by atoms with Crippen molar-refractivity contribution in [3.8, 4) is 0 Å². The molecule has 4 nitrogen and oxygen atoms in total. The molecular formula is C23H19ClN2O2. The van der Waals surface area contributed by atoms with Crippen molar-refractivity contribution in [3.63, 3.8) is 0 Å². The first kappa shape index (κ1) is 18.3. The Morgan fingerprint density at radius 2 is 1.82 bits per heavy atom. The summed E-state index contributed by atoms with van der Waals surface area (Å²) in [5.74, 6) is -0.427. The van der Waals surface area contributed by atoms with Gasteiger partial charge in [-0.25, -0.2) is 0 Å². The molecule has 1 atom stereocenters. The molecule has 4 rings (SSSR count). The Morgan fingerprint density at radius 1 is 1.04 bits per heavy atom. The second-order valence-electron chi connectivity index (χ2n) is 6.90. The van der Waals surface area contributed by atoms with Crippen LogP contribution in [-0.2, 0) is 4.79 Å². The number of nitrogens with one attached hydrogen (secondary N) is 1. The molecular weight excluding hydrogens is 372 g/mol. The fourth-order valence-electron chi connectivity index (χ4n) is 3.61. The van der Waals surface area contributed by atoms with Crippen molar-refractivity contribution in [2.45, 2.75) is 13.0 Å². The standard InChI is InChI=1S/C23H19ClN2O2/c1-15-6-5-9-17(12-15)23(28)26-14-21(27)25-20-11-10-18(24)13-19(20)22(26)16-7-3-2-4-8-16/h2-13,22H,14H2,1H3,(H,25,27). The average Bonchev–Trinajstić information content (AvgIpc) is 2.83. The third kappa shape index (κ3) is 3.51. The summed E-state index contributed by atoms with van der Waals surface area (Å²) in [4.78, 5) is 27.6. The molecule has 1 heterocycles. The molecule has 1 N–H and O–H groups in total. The van der Waals surface area contributed by atoms with E-state index in [1.165, 1.54) is 0 Å². The molecule has 3 aromatic carbocycles. The van der Waals surface area contributed by atoms with E-state index in [0.717, 1.165) is 16.7 Å². The average molecular weight is 391 g/mol. The molecule has 0 bridgehead atoms. The van der Waals surface area contributed by atoms with Crippen LogP contribution in [0.2, 0.25) is 5.02 Å². The Balaban J connectivity index is 1.89. The van der Waals surface area contributed by atoms with Gasteiger partial charge in [0.15, 0.2) is 0 Å². The summed E-state index contributed by atoms with van der Waals surface area (Å²) in [5, 5.41) is 3.46. The molecule has 28 heavy (non-hydrogen) atoms. The predicted octanol–water partition coefficient (Wildman–Crippen LogP) is 4.83. The topological polar surface area (TPSA) is 49.4 Å². The number of halogens is 1. The number of carbonyl (C=O) groups excluding carboxylic acids is 2. The zero-order valence-corrected chi connectivity index (χ0v) is 16.1. The summed E-state index contributed by atoms with van der Waals surface area (Å²) in [6, 6.07) is 22.0. The molecule has 1 aliphatic rings. The number of rotatable bonds is 2. The first-order chi connectivity index (χ1) is 13.5. The highest BCUT2D eigenvalue weighted by Crippen LogP contribution is 2.37. The lowest BCUT2D eigenvalue weighted by Crippen LogP contribution is -2.39. The van der Waals surface area contributed by atoms with Crippen LogP contribution in [0, 0.1) is 6.92 Å². The summed E-state index contributed by atoms with van der Waals surface area (Å²) in [7, 11) is 0. The molecule has 0 saturated carbocycles. The van der Waals surface area contributed by atoms with Crippen molar-refractivity contribution < 1.29 is 9.59 Å². The van der Waals surface area contributed by atoms with Gasteiger partial charge in [-0.1, -0.05) is 59.6 Å². The largest absolute Gasteiger partial charge is 0.324 e. The Kier molecular flexibility index (Phi) is 4.88. The van der Waals surface area contributed by atoms with Crippen molar-refractivity contribution in [2.24, 2.45) is 0 Å². The molecule has 0 aliphatic carbocycles. The van der Waals surface area contributed by atoms with Gasteiger partial charge >= 0.3 is 0 Å². The second kappa shape index (κ2) is 7.49. The van der Waals surface area contributed by atoms with Crippen molar-refractivity contribution in [2.75, 3.05) is 11.9 Å². The molecule has 1 unspecified atom stereocenters. The third-order valence-corrected chi connectivity index (χ3v) is 5.08. The number of nitrogens with zero attached hydrogens (tertiary/aromatic N) is 1. The van der Waals surface area contributed by atoms with Gasteiger partial charge in [-0.05, 0) is 42.8 Å². The monoisotopic (exact) mass is 390 g/mol. The maximum absolute atomic E-state index is 13.4. The van der Waals surface area contributed by atoms with Crippen LogP contribution >= 0.6 is 11.6 Å². The minimum absolute atomic E-state index is 0.0430. The third-order valence-electron chi connectivity index (χ3n) is 4.85. The summed E-state index contributed by atoms with van der Waals surface area (Å²) in [6.07, 6.45) is 0. The van der Waals surface area contributed by atoms with Crippen LogP contribution in [-0.4, -0.2) is 23.3 Å². The molecule has 1 aliphatic heterocycles. The van der Waals surface area contributed by atoms with Gasteiger partial charge in [-0.2, -0.15) is 0 Å². The Labute approximate surface area is 168 Å². The SMILES string of the molecule is Cc1cccc(C(=O)N2CC(=O)Nc3ccc(Cl)cc3C2c2ccccc2)c1. The molecule has 0 saturated heterocycles. The smallest absolute Gasteiger partial charge is 0.255 e. The Morgan fingerprint density at radius 3 is 2.57 bits per heavy atom. The van der Waals surface area contributed by atoms with Gasteiger partial charge in [0.1, 0.15) is 6.54 Å². The number of benzene rings is 3. The maximum Gasteiger partial charge on any atom is 0.255 e. The van der Waals surface area contributed by atoms with Crippen LogP contribution in [0.4, 0.5) is 5.69 Å². The lowest BCUT2D eigenvalue weighted by atomic mass is 9.95. The lowest BCUT2D eigenvalue weighted by Gasteiger charge is -2.30. The van der Waals surface area contributed by atoms with Crippen LogP contribution in [0.3, 0.4) is 0 Å². The van der Waals surface area contributed by atoms with Crippen molar-refractivity contribution in [3.05, 3.63) is 100 Å². The van der Waals surface area contributed by atoms with Crippen LogP contribution in [0.5, 0.6) is 0 Å². The molecule has 0 spiro atoms. The van der Waals surface area contributed by atoms with Crippen LogP contribution in [0.25, 0.3) is 0 Å². The summed E-state index contributed by atoms with van der Waals surface area (Å²) in [5.41, 5.74) is 3.93. The minimum atomic E-state index is -0.429. The normalized spacial score (nSPS) is 16.1. The molecule has 0 radical (unpaired) electrons. The highest BCUT2D eigenvalue weighted by molar-refractivity contribution is 6.30. The lowest BCUT2D eigenvalue weighted by molar-refractivity contribution is -0.117. The van der Waals surface area contributed by atoms with Gasteiger partial charge in [0, 0.05) is 21.8 Å². The summed E-state index contributed by atoms with van der Waals surface area (Å²) in [6.45, 7) is 1.90. The van der Waals surface area contributed by atoms with E-state index in [1.807, 2.05) is 61.5 Å². The van der Waals surface area contributed by atoms with Gasteiger partial charge in [0.25, 0.3) is 5.91 Å². The van der Waals surface area contributed by atoms with Gasteiger partial charge in [-0.15, -0.1) is 0 Å². The van der Waals surface area contributed by atoms with Crippen LogP contribution in [0.15, 0.2) is 72.8 Å². The first-order valence-electron chi connectivity index (χ1n) is 9.05. The van der Waals surface area contributed by atoms with E-state index >= 15 is 0 Å². The zero-order chi connectivity index (χ0) is 19.7. The van der Waals surface area contributed by atoms with E-state index in [2.05, 4.69) is 5.32 Å². The van der Waals surface area contributed by atoms with E-state index in [1.54, 1.807) is 23.1 Å². The van der Waals surface area contributed by atoms with E-state index in [0.29, 0.717) is 16.3 Å². The van der Waals surface area contributed by atoms with Gasteiger partial charge in [-0.3, -0.25) is 9.59 Å². The zero-order valence-electron chi connectivity index (χ0n) is 15.4. The number of hydrogen-bond donors (Lipinski definition) is 1. The van der Waals surface area contributed by atoms with Crippen LogP contribution in [0.1, 0.15) is 33.1 Å². The molecule has 3 aromatic rings. The highest BCUT2D eigenvalue weighted by Gasteiger charge is 2.34. The van der Waals surface area contributed by atoms with E-state index in [9.17, 15) is 9.59 Å². The van der Waals surface area contributed by atoms with Gasteiger partial charge in [0.2, 0.25) is 5.91 Å². The molecule has 0 aromatic heterocycles. The fraction of sp³-hybridized carbons (Fsp3) is 0.130.